The quantitative estimate of drug-likeness (QED) is 0.151. The van der Waals surface area contributed by atoms with Crippen LogP contribution in [0, 0.1) is 0 Å². The lowest BCUT2D eigenvalue weighted by Crippen LogP contribution is -1.90. The van der Waals surface area contributed by atoms with Gasteiger partial charge in [-0.05, 0) is 184 Å². The standard InChI is InChI=1S/C76H44O/c1-3-11-45(12-4-1)59-31-23-47-29-37-65-61(33-25-49-27-35-63(59)71(47)73(49)65)55-18-9-17-51(39-55)54-21-22-58-43-67(75-69-42-52-15-7-8-16-53(52)44-70(69)77-76(75)68(58)41-54)57-20-10-19-56(40-57)62-34-26-50-28-36-64-60(46-13-5-2-6-14-46)32-24-48-30-38-66(62)74(50)72(48)64/h1-44H. The summed E-state index contributed by atoms with van der Waals surface area (Å²) in [5.74, 6) is 0. The third kappa shape index (κ3) is 6.35. The summed E-state index contributed by atoms with van der Waals surface area (Å²) in [5.41, 5.74) is 16.3. The fourth-order valence-corrected chi connectivity index (χ4v) is 13.3. The molecule has 17 aromatic rings. The lowest BCUT2D eigenvalue weighted by atomic mass is 9.86. The van der Waals surface area contributed by atoms with Gasteiger partial charge in [-0.2, -0.15) is 0 Å². The van der Waals surface area contributed by atoms with Crippen molar-refractivity contribution in [2.45, 2.75) is 0 Å². The highest BCUT2D eigenvalue weighted by molar-refractivity contribution is 6.30. The topological polar surface area (TPSA) is 13.1 Å². The van der Waals surface area contributed by atoms with E-state index in [1.165, 1.54) is 115 Å². The van der Waals surface area contributed by atoms with Gasteiger partial charge in [0.05, 0.1) is 0 Å². The van der Waals surface area contributed by atoms with Gasteiger partial charge < -0.3 is 4.42 Å². The molecule has 0 amide bonds. The Morgan fingerprint density at radius 2 is 0.571 bits per heavy atom. The molecule has 0 radical (unpaired) electrons. The molecular formula is C76H44O. The Kier molecular flexibility index (Phi) is 8.90. The maximum Gasteiger partial charge on any atom is 0.143 e. The Hall–Kier alpha value is -10.1. The predicted octanol–water partition coefficient (Wildman–Crippen LogP) is 21.7. The zero-order chi connectivity index (χ0) is 50.3. The van der Waals surface area contributed by atoms with Crippen LogP contribution in [0.4, 0.5) is 0 Å². The van der Waals surface area contributed by atoms with E-state index in [1.54, 1.807) is 0 Å². The molecule has 0 aliphatic carbocycles. The summed E-state index contributed by atoms with van der Waals surface area (Å²) < 4.78 is 7.14. The highest BCUT2D eigenvalue weighted by Crippen LogP contribution is 2.48. The second kappa shape index (κ2) is 16.2. The zero-order valence-electron chi connectivity index (χ0n) is 41.8. The molecular weight excluding hydrogens is 929 g/mol. The summed E-state index contributed by atoms with van der Waals surface area (Å²) >= 11 is 0. The van der Waals surface area contributed by atoms with Gasteiger partial charge >= 0.3 is 0 Å². The fraction of sp³-hybridized carbons (Fsp3) is 0. The van der Waals surface area contributed by atoms with Crippen molar-refractivity contribution in [3.63, 3.8) is 0 Å². The first-order chi connectivity index (χ1) is 38.1. The van der Waals surface area contributed by atoms with Crippen molar-refractivity contribution in [1.82, 2.24) is 0 Å². The average molecular weight is 973 g/mol. The monoisotopic (exact) mass is 972 g/mol. The molecule has 1 nitrogen and oxygen atoms in total. The van der Waals surface area contributed by atoms with Crippen LogP contribution in [-0.4, -0.2) is 0 Å². The molecule has 1 aromatic heterocycles. The highest BCUT2D eigenvalue weighted by Gasteiger charge is 2.21. The average Bonchev–Trinajstić information content (AvgIpc) is 4.10. The Bertz CT molecular complexity index is 5250. The summed E-state index contributed by atoms with van der Waals surface area (Å²) in [5, 5.41) is 22.3. The molecule has 0 saturated carbocycles. The molecule has 0 aliphatic heterocycles. The maximum atomic E-state index is 7.14. The van der Waals surface area contributed by atoms with E-state index in [2.05, 4.69) is 267 Å². The van der Waals surface area contributed by atoms with Crippen LogP contribution in [-0.2, 0) is 0 Å². The van der Waals surface area contributed by atoms with Crippen molar-refractivity contribution in [2.75, 3.05) is 0 Å². The van der Waals surface area contributed by atoms with Crippen LogP contribution in [0.3, 0.4) is 0 Å². The van der Waals surface area contributed by atoms with Gasteiger partial charge in [-0.15, -0.1) is 0 Å². The minimum Gasteiger partial charge on any atom is -0.455 e. The van der Waals surface area contributed by atoms with Gasteiger partial charge in [0.1, 0.15) is 11.2 Å². The van der Waals surface area contributed by atoms with Gasteiger partial charge in [0, 0.05) is 16.2 Å². The largest absolute Gasteiger partial charge is 0.455 e. The highest BCUT2D eigenvalue weighted by atomic mass is 16.3. The fourth-order valence-electron chi connectivity index (χ4n) is 13.3. The first kappa shape index (κ1) is 42.3. The summed E-state index contributed by atoms with van der Waals surface area (Å²) in [7, 11) is 0. The Balaban J connectivity index is 0.819. The van der Waals surface area contributed by atoms with Gasteiger partial charge in [0.15, 0.2) is 0 Å². The summed E-state index contributed by atoms with van der Waals surface area (Å²) in [6.07, 6.45) is 0. The van der Waals surface area contributed by atoms with Gasteiger partial charge in [0.25, 0.3) is 0 Å². The Morgan fingerprint density at radius 3 is 1.09 bits per heavy atom. The number of hydrogen-bond acceptors (Lipinski definition) is 1. The van der Waals surface area contributed by atoms with E-state index in [-0.39, 0.29) is 0 Å². The number of hydrogen-bond donors (Lipinski definition) is 0. The lowest BCUT2D eigenvalue weighted by Gasteiger charge is -2.17. The Morgan fingerprint density at radius 1 is 0.182 bits per heavy atom. The normalized spacial score (nSPS) is 12.2. The third-order valence-electron chi connectivity index (χ3n) is 16.9. The molecule has 0 fully saturated rings. The molecule has 17 rings (SSSR count). The predicted molar refractivity (Wildman–Crippen MR) is 329 cm³/mol. The number of fused-ring (bicyclic) bond motifs is 6. The van der Waals surface area contributed by atoms with Crippen LogP contribution in [0.5, 0.6) is 0 Å². The third-order valence-corrected chi connectivity index (χ3v) is 16.9. The first-order valence-corrected chi connectivity index (χ1v) is 26.7. The van der Waals surface area contributed by atoms with E-state index < -0.39 is 0 Å². The van der Waals surface area contributed by atoms with Crippen molar-refractivity contribution in [3.05, 3.63) is 267 Å². The molecule has 0 bridgehead atoms. The number of rotatable bonds is 6. The summed E-state index contributed by atoms with van der Waals surface area (Å²) in [6, 6.07) is 99.1. The molecule has 0 unspecified atom stereocenters. The van der Waals surface area contributed by atoms with E-state index >= 15 is 0 Å². The Labute approximate surface area is 443 Å². The van der Waals surface area contributed by atoms with Gasteiger partial charge in [0.2, 0.25) is 0 Å². The van der Waals surface area contributed by atoms with E-state index in [4.69, 9.17) is 4.42 Å². The van der Waals surface area contributed by atoms with E-state index in [0.29, 0.717) is 0 Å². The minimum atomic E-state index is 0.891. The second-order valence-corrected chi connectivity index (χ2v) is 21.1. The molecule has 0 atom stereocenters. The molecule has 0 aliphatic rings. The van der Waals surface area contributed by atoms with Crippen molar-refractivity contribution < 1.29 is 4.42 Å². The zero-order valence-corrected chi connectivity index (χ0v) is 41.8. The van der Waals surface area contributed by atoms with E-state index in [9.17, 15) is 0 Å². The van der Waals surface area contributed by atoms with Gasteiger partial charge in [-0.1, -0.05) is 231 Å². The molecule has 16 aromatic carbocycles. The molecule has 0 N–H and O–H groups in total. The molecule has 77 heavy (non-hydrogen) atoms. The molecule has 0 saturated heterocycles. The van der Waals surface area contributed by atoms with Crippen LogP contribution in [0.1, 0.15) is 0 Å². The molecule has 1 heteroatoms. The maximum absolute atomic E-state index is 7.14. The van der Waals surface area contributed by atoms with Crippen molar-refractivity contribution in [3.8, 4) is 66.8 Å². The van der Waals surface area contributed by atoms with Crippen molar-refractivity contribution >= 4 is 108 Å². The van der Waals surface area contributed by atoms with Crippen LogP contribution in [0.2, 0.25) is 0 Å². The van der Waals surface area contributed by atoms with E-state index in [1.807, 2.05) is 0 Å². The van der Waals surface area contributed by atoms with Gasteiger partial charge in [-0.25, -0.2) is 0 Å². The lowest BCUT2D eigenvalue weighted by molar-refractivity contribution is 0.673. The summed E-state index contributed by atoms with van der Waals surface area (Å²) in [6.45, 7) is 0. The molecule has 354 valence electrons. The molecule has 1 heterocycles. The second-order valence-electron chi connectivity index (χ2n) is 21.1. The number of benzene rings is 16. The van der Waals surface area contributed by atoms with Crippen LogP contribution in [0.25, 0.3) is 175 Å². The van der Waals surface area contributed by atoms with Crippen LogP contribution < -0.4 is 0 Å². The minimum absolute atomic E-state index is 0.891. The van der Waals surface area contributed by atoms with Crippen LogP contribution in [0.15, 0.2) is 271 Å². The van der Waals surface area contributed by atoms with Crippen molar-refractivity contribution in [1.29, 1.82) is 0 Å². The van der Waals surface area contributed by atoms with Crippen LogP contribution >= 0.6 is 0 Å². The molecule has 0 spiro atoms. The van der Waals surface area contributed by atoms with E-state index in [0.717, 1.165) is 60.4 Å². The van der Waals surface area contributed by atoms with Gasteiger partial charge in [-0.3, -0.25) is 0 Å². The van der Waals surface area contributed by atoms with Crippen molar-refractivity contribution in [2.24, 2.45) is 0 Å². The SMILES string of the molecule is c1ccc(-c2ccc3ccc4c(-c5cccc(-c6ccc7cc(-c8cccc(-c9ccc%10ccc%11c(-c%12ccccc%12)ccc%12ccc9c%10c%12%11)c8)c8c9cc%10ccccc%10cc9oc8c7c6)c5)ccc5ccc2c3c54)cc1. The smallest absolute Gasteiger partial charge is 0.143 e. The first-order valence-electron chi connectivity index (χ1n) is 26.7. The number of furan rings is 1. The summed E-state index contributed by atoms with van der Waals surface area (Å²) in [4.78, 5) is 0.